The second kappa shape index (κ2) is 7.36. The summed E-state index contributed by atoms with van der Waals surface area (Å²) in [7, 11) is 0. The largest absolute Gasteiger partial charge is 0.313 e. The molecule has 0 aliphatic carbocycles. The lowest BCUT2D eigenvalue weighted by Gasteiger charge is -2.13. The third-order valence-electron chi connectivity index (χ3n) is 3.56. The van der Waals surface area contributed by atoms with Gasteiger partial charge in [-0.25, -0.2) is 9.67 Å². The molecule has 21 heavy (non-hydrogen) atoms. The summed E-state index contributed by atoms with van der Waals surface area (Å²) in [5.41, 5.74) is 3.71. The van der Waals surface area contributed by atoms with Crippen LogP contribution in [0.2, 0.25) is 0 Å². The molecule has 114 valence electrons. The molecule has 4 heteroatoms. The van der Waals surface area contributed by atoms with Crippen molar-refractivity contribution in [3.8, 4) is 5.69 Å². The van der Waals surface area contributed by atoms with E-state index in [1.807, 2.05) is 4.68 Å². The van der Waals surface area contributed by atoms with E-state index in [0.717, 1.165) is 49.7 Å². The molecule has 0 aliphatic heterocycles. The van der Waals surface area contributed by atoms with Crippen molar-refractivity contribution in [1.82, 2.24) is 20.1 Å². The lowest BCUT2D eigenvalue weighted by atomic mass is 10.1. The van der Waals surface area contributed by atoms with Gasteiger partial charge in [0.25, 0.3) is 0 Å². The Morgan fingerprint density at radius 1 is 1.14 bits per heavy atom. The smallest absolute Gasteiger partial charge is 0.151 e. The summed E-state index contributed by atoms with van der Waals surface area (Å²) in [6, 6.07) is 6.54. The molecule has 1 aromatic carbocycles. The van der Waals surface area contributed by atoms with E-state index >= 15 is 0 Å². The Hall–Kier alpha value is -1.68. The fourth-order valence-corrected chi connectivity index (χ4v) is 2.43. The maximum atomic E-state index is 4.67. The van der Waals surface area contributed by atoms with Gasteiger partial charge in [0, 0.05) is 19.4 Å². The molecule has 4 nitrogen and oxygen atoms in total. The van der Waals surface area contributed by atoms with E-state index in [-0.39, 0.29) is 0 Å². The maximum absolute atomic E-state index is 4.67. The highest BCUT2D eigenvalue weighted by Crippen LogP contribution is 2.18. The molecule has 0 amide bonds. The first kappa shape index (κ1) is 15.7. The topological polar surface area (TPSA) is 42.7 Å². The third kappa shape index (κ3) is 3.70. The molecular weight excluding hydrogens is 260 g/mol. The van der Waals surface area contributed by atoms with Crippen LogP contribution in [0.25, 0.3) is 5.69 Å². The fourth-order valence-electron chi connectivity index (χ4n) is 2.43. The second-order valence-corrected chi connectivity index (χ2v) is 5.37. The zero-order valence-corrected chi connectivity index (χ0v) is 13.6. The Morgan fingerprint density at radius 3 is 2.62 bits per heavy atom. The van der Waals surface area contributed by atoms with Crippen LogP contribution in [0.5, 0.6) is 0 Å². The van der Waals surface area contributed by atoms with Crippen molar-refractivity contribution in [3.63, 3.8) is 0 Å². The van der Waals surface area contributed by atoms with Gasteiger partial charge in [-0.1, -0.05) is 38.5 Å². The molecule has 0 radical (unpaired) electrons. The lowest BCUT2D eigenvalue weighted by molar-refractivity contribution is 0.667. The number of nitrogens with one attached hydrogen (secondary N) is 1. The molecule has 0 fully saturated rings. The van der Waals surface area contributed by atoms with Crippen molar-refractivity contribution in [2.24, 2.45) is 0 Å². The Morgan fingerprint density at radius 2 is 1.95 bits per heavy atom. The van der Waals surface area contributed by atoms with E-state index in [0.29, 0.717) is 0 Å². The summed E-state index contributed by atoms with van der Waals surface area (Å²) in [6.07, 6.45) is 2.91. The van der Waals surface area contributed by atoms with Crippen molar-refractivity contribution in [2.75, 3.05) is 6.54 Å². The molecular formula is C17H26N4. The van der Waals surface area contributed by atoms with Crippen LogP contribution in [0.15, 0.2) is 18.2 Å². The predicted octanol–water partition coefficient (Wildman–Crippen LogP) is 3.20. The predicted molar refractivity (Wildman–Crippen MR) is 86.8 cm³/mol. The molecule has 1 aromatic heterocycles. The number of hydrogen-bond acceptors (Lipinski definition) is 3. The van der Waals surface area contributed by atoms with E-state index < -0.39 is 0 Å². The number of rotatable bonds is 7. The Bertz CT molecular complexity index is 586. The number of nitrogens with zero attached hydrogens (tertiary/aromatic N) is 3. The van der Waals surface area contributed by atoms with Gasteiger partial charge < -0.3 is 5.32 Å². The quantitative estimate of drug-likeness (QED) is 0.795. The molecule has 0 saturated carbocycles. The molecule has 0 aliphatic rings. The van der Waals surface area contributed by atoms with Gasteiger partial charge in [0.2, 0.25) is 0 Å². The summed E-state index contributed by atoms with van der Waals surface area (Å²) < 4.78 is 2.02. The highest BCUT2D eigenvalue weighted by atomic mass is 15.4. The summed E-state index contributed by atoms with van der Waals surface area (Å²) in [5.74, 6) is 1.95. The zero-order valence-electron chi connectivity index (χ0n) is 13.6. The van der Waals surface area contributed by atoms with Gasteiger partial charge in [0.05, 0.1) is 5.69 Å². The number of aromatic nitrogens is 3. The van der Waals surface area contributed by atoms with Gasteiger partial charge >= 0.3 is 0 Å². The van der Waals surface area contributed by atoms with Crippen molar-refractivity contribution >= 4 is 0 Å². The molecule has 2 aromatic rings. The van der Waals surface area contributed by atoms with Crippen LogP contribution < -0.4 is 5.32 Å². The second-order valence-electron chi connectivity index (χ2n) is 5.37. The first-order valence-electron chi connectivity index (χ1n) is 7.95. The fraction of sp³-hybridized carbons (Fsp3) is 0.529. The molecule has 0 spiro atoms. The number of aryl methyl sites for hydroxylation is 3. The highest BCUT2D eigenvalue weighted by Gasteiger charge is 2.12. The van der Waals surface area contributed by atoms with E-state index in [2.05, 4.69) is 61.3 Å². The maximum Gasteiger partial charge on any atom is 0.151 e. The van der Waals surface area contributed by atoms with Crippen LogP contribution in [0, 0.1) is 6.92 Å². The van der Waals surface area contributed by atoms with E-state index in [4.69, 9.17) is 0 Å². The Labute approximate surface area is 127 Å². The lowest BCUT2D eigenvalue weighted by Crippen LogP contribution is -2.16. The van der Waals surface area contributed by atoms with Crippen molar-refractivity contribution < 1.29 is 0 Å². The first-order chi connectivity index (χ1) is 10.2. The monoisotopic (exact) mass is 286 g/mol. The Kier molecular flexibility index (Phi) is 5.51. The van der Waals surface area contributed by atoms with Crippen LogP contribution in [0.3, 0.4) is 0 Å². The van der Waals surface area contributed by atoms with Crippen LogP contribution in [-0.2, 0) is 19.4 Å². The van der Waals surface area contributed by atoms with Gasteiger partial charge in [-0.15, -0.1) is 0 Å². The van der Waals surface area contributed by atoms with Crippen LogP contribution in [0.4, 0.5) is 0 Å². The SMILES string of the molecule is CCCNCc1cc(C)ccc1-n1nc(CC)nc1CC. The average molecular weight is 286 g/mol. The Balaban J connectivity index is 2.40. The highest BCUT2D eigenvalue weighted by molar-refractivity contribution is 5.43. The van der Waals surface area contributed by atoms with Gasteiger partial charge in [0.15, 0.2) is 5.82 Å². The van der Waals surface area contributed by atoms with Gasteiger partial charge in [-0.3, -0.25) is 0 Å². The normalized spacial score (nSPS) is 11.0. The molecule has 1 heterocycles. The van der Waals surface area contributed by atoms with Gasteiger partial charge in [-0.2, -0.15) is 5.10 Å². The summed E-state index contributed by atoms with van der Waals surface area (Å²) in [4.78, 5) is 4.61. The molecule has 1 N–H and O–H groups in total. The number of benzene rings is 1. The molecule has 0 atom stereocenters. The van der Waals surface area contributed by atoms with E-state index in [1.165, 1.54) is 11.1 Å². The van der Waals surface area contributed by atoms with Crippen LogP contribution in [0.1, 0.15) is 50.0 Å². The molecule has 0 bridgehead atoms. The molecule has 0 saturated heterocycles. The van der Waals surface area contributed by atoms with Crippen molar-refractivity contribution in [1.29, 1.82) is 0 Å². The number of hydrogen-bond donors (Lipinski definition) is 1. The molecule has 0 unspecified atom stereocenters. The minimum atomic E-state index is 0.870. The van der Waals surface area contributed by atoms with Gasteiger partial charge in [-0.05, 0) is 31.5 Å². The van der Waals surface area contributed by atoms with E-state index in [1.54, 1.807) is 0 Å². The minimum Gasteiger partial charge on any atom is -0.313 e. The zero-order chi connectivity index (χ0) is 15.2. The van der Waals surface area contributed by atoms with Crippen LogP contribution >= 0.6 is 0 Å². The summed E-state index contributed by atoms with van der Waals surface area (Å²) in [6.45, 7) is 10.4. The first-order valence-corrected chi connectivity index (χ1v) is 7.95. The van der Waals surface area contributed by atoms with Crippen LogP contribution in [-0.4, -0.2) is 21.3 Å². The van der Waals surface area contributed by atoms with Crippen molar-refractivity contribution in [3.05, 3.63) is 41.0 Å². The third-order valence-corrected chi connectivity index (χ3v) is 3.56. The minimum absolute atomic E-state index is 0.870. The van der Waals surface area contributed by atoms with E-state index in [9.17, 15) is 0 Å². The summed E-state index contributed by atoms with van der Waals surface area (Å²) >= 11 is 0. The van der Waals surface area contributed by atoms with Gasteiger partial charge in [0.1, 0.15) is 5.82 Å². The summed E-state index contributed by atoms with van der Waals surface area (Å²) in [5, 5.41) is 8.15. The van der Waals surface area contributed by atoms with Crippen molar-refractivity contribution in [2.45, 2.75) is 53.5 Å². The molecule has 2 rings (SSSR count). The standard InChI is InChI=1S/C17H26N4/c1-5-10-18-12-14-11-13(4)8-9-15(14)21-17(7-3)19-16(6-2)20-21/h8-9,11,18H,5-7,10,12H2,1-4H3. The average Bonchev–Trinajstić information content (AvgIpc) is 2.91.